The van der Waals surface area contributed by atoms with E-state index < -0.39 is 5.97 Å². The number of amidine groups is 1. The van der Waals surface area contributed by atoms with Crippen LogP contribution in [-0.4, -0.2) is 47.8 Å². The zero-order valence-corrected chi connectivity index (χ0v) is 17.3. The van der Waals surface area contributed by atoms with Crippen LogP contribution in [0.15, 0.2) is 65.0 Å². The van der Waals surface area contributed by atoms with Crippen LogP contribution in [-0.2, 0) is 4.79 Å². The summed E-state index contributed by atoms with van der Waals surface area (Å²) < 4.78 is 10.6. The average Bonchev–Trinajstić information content (AvgIpc) is 3.03. The van der Waals surface area contributed by atoms with Crippen molar-refractivity contribution in [2.75, 3.05) is 20.8 Å². The van der Waals surface area contributed by atoms with Crippen molar-refractivity contribution in [2.24, 2.45) is 4.99 Å². The zero-order chi connectivity index (χ0) is 21.7. The number of nitrogens with zero attached hydrogens (tertiary/aromatic N) is 2. The fraction of sp³-hybridized carbons (Fsp3) is 0.136. The number of hydrogen-bond donors (Lipinski definition) is 1. The smallest absolute Gasteiger partial charge is 0.337 e. The van der Waals surface area contributed by atoms with Gasteiger partial charge in [0.15, 0.2) is 5.17 Å². The van der Waals surface area contributed by atoms with E-state index in [1.54, 1.807) is 62.8 Å². The lowest BCUT2D eigenvalue weighted by atomic mass is 10.1. The van der Waals surface area contributed by atoms with E-state index in [0.717, 1.165) is 0 Å². The SMILES string of the molecule is C=CCN1C(=O)/C(=C/c2ccc(OC)cc2OC)SC1=Nc1ccccc1C(=O)O. The highest BCUT2D eigenvalue weighted by Crippen LogP contribution is 2.36. The number of benzene rings is 2. The Morgan fingerprint density at radius 1 is 1.23 bits per heavy atom. The Kier molecular flexibility index (Phi) is 6.58. The number of carbonyl (C=O) groups excluding carboxylic acids is 1. The largest absolute Gasteiger partial charge is 0.497 e. The van der Waals surface area contributed by atoms with E-state index in [1.165, 1.54) is 22.7 Å². The maximum Gasteiger partial charge on any atom is 0.337 e. The summed E-state index contributed by atoms with van der Waals surface area (Å²) in [4.78, 5) is 30.8. The Labute approximate surface area is 178 Å². The number of rotatable bonds is 7. The molecule has 154 valence electrons. The first-order valence-electron chi connectivity index (χ1n) is 8.93. The van der Waals surface area contributed by atoms with Crippen molar-refractivity contribution in [1.29, 1.82) is 0 Å². The molecule has 0 aromatic heterocycles. The van der Waals surface area contributed by atoms with Crippen LogP contribution in [0.2, 0.25) is 0 Å². The Morgan fingerprint density at radius 2 is 2.00 bits per heavy atom. The minimum absolute atomic E-state index is 0.0610. The molecule has 8 heteroatoms. The number of hydrogen-bond acceptors (Lipinski definition) is 6. The summed E-state index contributed by atoms with van der Waals surface area (Å²) in [5.41, 5.74) is 1.04. The third-order valence-electron chi connectivity index (χ3n) is 4.28. The van der Waals surface area contributed by atoms with Crippen LogP contribution < -0.4 is 9.47 Å². The molecule has 0 atom stereocenters. The van der Waals surface area contributed by atoms with Gasteiger partial charge in [0.25, 0.3) is 5.91 Å². The predicted octanol–water partition coefficient (Wildman–Crippen LogP) is 4.19. The Hall–Kier alpha value is -3.52. The molecule has 2 aromatic rings. The van der Waals surface area contributed by atoms with Crippen molar-refractivity contribution >= 4 is 40.6 Å². The van der Waals surface area contributed by atoms with E-state index in [9.17, 15) is 14.7 Å². The molecule has 1 heterocycles. The number of aromatic carboxylic acids is 1. The van der Waals surface area contributed by atoms with Crippen LogP contribution in [0, 0.1) is 0 Å². The van der Waals surface area contributed by atoms with Crippen LogP contribution >= 0.6 is 11.8 Å². The molecule has 0 unspecified atom stereocenters. The molecule has 1 fully saturated rings. The number of methoxy groups -OCH3 is 2. The molecule has 1 aliphatic heterocycles. The van der Waals surface area contributed by atoms with Crippen molar-refractivity contribution < 1.29 is 24.2 Å². The Balaban J connectivity index is 2.03. The van der Waals surface area contributed by atoms with Gasteiger partial charge >= 0.3 is 5.97 Å². The fourth-order valence-electron chi connectivity index (χ4n) is 2.82. The first-order chi connectivity index (χ1) is 14.5. The van der Waals surface area contributed by atoms with Crippen LogP contribution in [0.1, 0.15) is 15.9 Å². The van der Waals surface area contributed by atoms with Gasteiger partial charge in [-0.25, -0.2) is 9.79 Å². The molecular weight excluding hydrogens is 404 g/mol. The summed E-state index contributed by atoms with van der Waals surface area (Å²) in [7, 11) is 3.11. The molecule has 1 aliphatic rings. The molecule has 1 N–H and O–H groups in total. The third kappa shape index (κ3) is 4.38. The monoisotopic (exact) mass is 424 g/mol. The second kappa shape index (κ2) is 9.32. The molecule has 3 rings (SSSR count). The highest BCUT2D eigenvalue weighted by molar-refractivity contribution is 8.18. The first-order valence-corrected chi connectivity index (χ1v) is 9.75. The van der Waals surface area contributed by atoms with Gasteiger partial charge in [0.2, 0.25) is 0 Å². The molecule has 1 saturated heterocycles. The van der Waals surface area contributed by atoms with Gasteiger partial charge in [0, 0.05) is 18.2 Å². The Bertz CT molecular complexity index is 1060. The van der Waals surface area contributed by atoms with E-state index >= 15 is 0 Å². The lowest BCUT2D eigenvalue weighted by Crippen LogP contribution is -2.29. The number of amides is 1. The van der Waals surface area contributed by atoms with E-state index in [4.69, 9.17) is 9.47 Å². The quantitative estimate of drug-likeness (QED) is 0.530. The van der Waals surface area contributed by atoms with E-state index in [1.807, 2.05) is 0 Å². The zero-order valence-electron chi connectivity index (χ0n) is 16.5. The number of carbonyl (C=O) groups is 2. The molecule has 0 saturated carbocycles. The predicted molar refractivity (Wildman–Crippen MR) is 118 cm³/mol. The number of para-hydroxylation sites is 1. The van der Waals surface area contributed by atoms with E-state index in [0.29, 0.717) is 27.1 Å². The maximum absolute atomic E-state index is 13.0. The van der Waals surface area contributed by atoms with Gasteiger partial charge in [-0.2, -0.15) is 0 Å². The second-order valence-electron chi connectivity index (χ2n) is 6.14. The number of ether oxygens (including phenoxy) is 2. The van der Waals surface area contributed by atoms with Gasteiger partial charge < -0.3 is 14.6 Å². The minimum Gasteiger partial charge on any atom is -0.497 e. The Morgan fingerprint density at radius 3 is 2.67 bits per heavy atom. The van der Waals surface area contributed by atoms with Crippen molar-refractivity contribution in [2.45, 2.75) is 0 Å². The molecule has 7 nitrogen and oxygen atoms in total. The molecule has 2 aromatic carbocycles. The lowest BCUT2D eigenvalue weighted by molar-refractivity contribution is -0.121. The van der Waals surface area contributed by atoms with Gasteiger partial charge in [-0.05, 0) is 42.1 Å². The van der Waals surface area contributed by atoms with Gasteiger partial charge in [-0.15, -0.1) is 6.58 Å². The highest BCUT2D eigenvalue weighted by atomic mass is 32.2. The molecule has 0 bridgehead atoms. The minimum atomic E-state index is -1.08. The lowest BCUT2D eigenvalue weighted by Gasteiger charge is -2.13. The van der Waals surface area contributed by atoms with Gasteiger partial charge in [-0.3, -0.25) is 9.69 Å². The van der Waals surface area contributed by atoms with Gasteiger partial charge in [0.1, 0.15) is 11.5 Å². The van der Waals surface area contributed by atoms with Crippen molar-refractivity contribution in [1.82, 2.24) is 4.90 Å². The second-order valence-corrected chi connectivity index (χ2v) is 7.15. The summed E-state index contributed by atoms with van der Waals surface area (Å²) in [6.45, 7) is 3.94. The summed E-state index contributed by atoms with van der Waals surface area (Å²) in [5, 5.41) is 9.78. The van der Waals surface area contributed by atoms with Crippen LogP contribution in [0.25, 0.3) is 6.08 Å². The van der Waals surface area contributed by atoms with E-state index in [2.05, 4.69) is 11.6 Å². The van der Waals surface area contributed by atoms with Crippen molar-refractivity contribution in [3.63, 3.8) is 0 Å². The average molecular weight is 424 g/mol. The summed E-state index contributed by atoms with van der Waals surface area (Å²) in [5.74, 6) is -0.130. The summed E-state index contributed by atoms with van der Waals surface area (Å²) >= 11 is 1.17. The maximum atomic E-state index is 13.0. The highest BCUT2D eigenvalue weighted by Gasteiger charge is 2.33. The molecule has 0 spiro atoms. The number of aliphatic imine (C=N–C) groups is 1. The van der Waals surface area contributed by atoms with Crippen molar-refractivity contribution in [3.8, 4) is 11.5 Å². The number of carboxylic acids is 1. The first kappa shape index (κ1) is 21.2. The molecule has 1 amide bonds. The molecule has 0 radical (unpaired) electrons. The summed E-state index contributed by atoms with van der Waals surface area (Å²) in [6.07, 6.45) is 3.31. The van der Waals surface area contributed by atoms with Gasteiger partial charge in [0.05, 0.1) is 30.4 Å². The molecule has 30 heavy (non-hydrogen) atoms. The van der Waals surface area contributed by atoms with Gasteiger partial charge in [-0.1, -0.05) is 18.2 Å². The number of carboxylic acid groups (broad SMARTS) is 1. The standard InChI is InChI=1S/C22H20N2O5S/c1-4-11-24-20(25)19(12-14-9-10-15(28-2)13-18(14)29-3)30-22(24)23-17-8-6-5-7-16(17)21(26)27/h4-10,12-13H,1,11H2,2-3H3,(H,26,27)/b19-12-,23-22?. The van der Waals surface area contributed by atoms with Crippen LogP contribution in [0.3, 0.4) is 0 Å². The fourth-order valence-corrected chi connectivity index (χ4v) is 3.81. The summed E-state index contributed by atoms with van der Waals surface area (Å²) in [6, 6.07) is 11.7. The molecular formula is C22H20N2O5S. The normalized spacial score (nSPS) is 16.2. The van der Waals surface area contributed by atoms with Crippen molar-refractivity contribution in [3.05, 3.63) is 71.2 Å². The third-order valence-corrected chi connectivity index (χ3v) is 5.28. The van der Waals surface area contributed by atoms with Crippen LogP contribution in [0.5, 0.6) is 11.5 Å². The number of thioether (sulfide) groups is 1. The topological polar surface area (TPSA) is 88.4 Å². The van der Waals surface area contributed by atoms with Crippen LogP contribution in [0.4, 0.5) is 5.69 Å². The molecule has 0 aliphatic carbocycles. The van der Waals surface area contributed by atoms with E-state index in [-0.39, 0.29) is 23.7 Å².